The van der Waals surface area contributed by atoms with Gasteiger partial charge < -0.3 is 10.0 Å². The average molecular weight is 1390 g/mol. The minimum atomic E-state index is -1.54. The molecule has 20 aromatic carbocycles. The van der Waals surface area contributed by atoms with E-state index in [9.17, 15) is 10.0 Å². The molecule has 0 aliphatic heterocycles. The molecule has 20 aromatic rings. The van der Waals surface area contributed by atoms with Crippen LogP contribution in [-0.4, -0.2) is 17.2 Å². The molecular weight excluding hydrogens is 1320 g/mol. The molecule has 488 valence electrons. The SMILES string of the molecule is Brc1cccc(-c2cccc3c2ccc2ccccc23)c1.OB(O)c1c2ccccc2c(-c2ccc(-c3ccc4ccccc4c3)cc2)c2ccccc12.c1cc(-c2c3ccccc3c(-c3ccc(-c4ccc5ccccc5c4)cc3)c3ccccc23)cc(-c2cccc3c2ccc2ccccc23)c1. The zero-order chi connectivity index (χ0) is 69.6. The maximum absolute atomic E-state index is 10.2. The fraction of sp³-hybridized carbons (Fsp3) is 0. The standard InChI is InChI=1S/C50H32.C30H21BO2.C20H13Br/c1-2-13-37-31-38(28-25-33(37)11-1)34-23-26-36(27-24-34)49-45-17-5-7-19-47(45)50(48-20-8-6-18-46(48)49)40-15-9-14-39(32-40)42-21-10-22-43-41-16-4-3-12-35(41)29-30-44(42)43;32-31(33)30-27-11-5-3-9-25(27)29(26-10-4-6-12-28(26)30)22-16-13-21(14-17-22)24-18-15-20-7-1-2-8-23(20)19-24;21-16-7-3-6-15(13-16)18-9-4-10-19-17-8-2-1-5-14(17)11-12-20(18)19/h1-32H;1-19,32-33H;1-13H. The second-order valence-corrected chi connectivity index (χ2v) is 27.8. The van der Waals surface area contributed by atoms with Gasteiger partial charge in [0.2, 0.25) is 0 Å². The Morgan fingerprint density at radius 2 is 0.471 bits per heavy atom. The van der Waals surface area contributed by atoms with Crippen molar-refractivity contribution in [2.75, 3.05) is 0 Å². The molecule has 0 heterocycles. The number of hydrogen-bond acceptors (Lipinski definition) is 2. The molecule has 104 heavy (non-hydrogen) atoms. The summed E-state index contributed by atoms with van der Waals surface area (Å²) in [6.45, 7) is 0. The van der Waals surface area contributed by atoms with Crippen molar-refractivity contribution in [2.24, 2.45) is 0 Å². The number of benzene rings is 20. The molecule has 20 rings (SSSR count). The van der Waals surface area contributed by atoms with Gasteiger partial charge in [0.15, 0.2) is 0 Å². The molecule has 0 spiro atoms. The Hall–Kier alpha value is -12.5. The highest BCUT2D eigenvalue weighted by Crippen LogP contribution is 2.46. The molecule has 2 nitrogen and oxygen atoms in total. The predicted molar refractivity (Wildman–Crippen MR) is 450 cm³/mol. The lowest BCUT2D eigenvalue weighted by Crippen LogP contribution is -2.31. The topological polar surface area (TPSA) is 40.5 Å². The van der Waals surface area contributed by atoms with Crippen molar-refractivity contribution in [2.45, 2.75) is 0 Å². The third-order valence-corrected chi connectivity index (χ3v) is 21.3. The smallest absolute Gasteiger partial charge is 0.423 e. The van der Waals surface area contributed by atoms with Crippen LogP contribution in [-0.2, 0) is 0 Å². The maximum atomic E-state index is 10.2. The lowest BCUT2D eigenvalue weighted by atomic mass is 9.72. The van der Waals surface area contributed by atoms with Crippen LogP contribution in [0.2, 0.25) is 0 Å². The van der Waals surface area contributed by atoms with Crippen LogP contribution in [0.5, 0.6) is 0 Å². The second kappa shape index (κ2) is 27.4. The molecule has 0 aromatic heterocycles. The summed E-state index contributed by atoms with van der Waals surface area (Å²) in [5, 5.41) is 44.5. The van der Waals surface area contributed by atoms with Crippen LogP contribution in [0, 0.1) is 0 Å². The molecule has 0 bridgehead atoms. The summed E-state index contributed by atoms with van der Waals surface area (Å²) in [5.74, 6) is 0. The highest BCUT2D eigenvalue weighted by molar-refractivity contribution is 9.10. The molecule has 0 amide bonds. The Morgan fingerprint density at radius 1 is 0.173 bits per heavy atom. The molecule has 0 aliphatic rings. The van der Waals surface area contributed by atoms with Crippen LogP contribution in [0.4, 0.5) is 0 Å². The molecule has 0 unspecified atom stereocenters. The Kier molecular flexibility index (Phi) is 16.8. The fourth-order valence-corrected chi connectivity index (χ4v) is 16.4. The summed E-state index contributed by atoms with van der Waals surface area (Å²) in [6, 6.07) is 139. The molecule has 0 saturated heterocycles. The van der Waals surface area contributed by atoms with E-state index in [4.69, 9.17) is 0 Å². The second-order valence-electron chi connectivity index (χ2n) is 26.8. The lowest BCUT2D eigenvalue weighted by molar-refractivity contribution is 0.426. The van der Waals surface area contributed by atoms with Crippen LogP contribution in [0.3, 0.4) is 0 Å². The zero-order valence-electron chi connectivity index (χ0n) is 56.8. The molecule has 4 heteroatoms. The normalized spacial score (nSPS) is 11.4. The van der Waals surface area contributed by atoms with E-state index in [1.54, 1.807) is 0 Å². The fourth-order valence-electron chi connectivity index (χ4n) is 16.0. The lowest BCUT2D eigenvalue weighted by Gasteiger charge is -2.18. The van der Waals surface area contributed by atoms with Gasteiger partial charge >= 0.3 is 7.12 Å². The van der Waals surface area contributed by atoms with E-state index in [0.29, 0.717) is 5.46 Å². The van der Waals surface area contributed by atoms with E-state index < -0.39 is 7.12 Å². The minimum Gasteiger partial charge on any atom is -0.423 e. The van der Waals surface area contributed by atoms with Crippen molar-refractivity contribution in [1.82, 2.24) is 0 Å². The summed E-state index contributed by atoms with van der Waals surface area (Å²) in [4.78, 5) is 0. The van der Waals surface area contributed by atoms with Gasteiger partial charge in [0.25, 0.3) is 0 Å². The summed E-state index contributed by atoms with van der Waals surface area (Å²) >= 11 is 3.56. The largest absolute Gasteiger partial charge is 0.489 e. The first-order valence-corrected chi connectivity index (χ1v) is 36.2. The van der Waals surface area contributed by atoms with E-state index in [2.05, 4.69) is 368 Å². The average Bonchev–Trinajstić information content (AvgIpc) is 0.735. The number of rotatable bonds is 8. The van der Waals surface area contributed by atoms with Gasteiger partial charge in [-0.3, -0.25) is 0 Å². The number of hydrogen-bond donors (Lipinski definition) is 2. The van der Waals surface area contributed by atoms with E-state index in [0.717, 1.165) is 37.1 Å². The van der Waals surface area contributed by atoms with E-state index >= 15 is 0 Å². The Bertz CT molecular complexity index is 6600. The van der Waals surface area contributed by atoms with Gasteiger partial charge in [-0.2, -0.15) is 0 Å². The molecule has 0 radical (unpaired) electrons. The summed E-state index contributed by atoms with van der Waals surface area (Å²) in [7, 11) is -1.54. The first-order valence-electron chi connectivity index (χ1n) is 35.4. The van der Waals surface area contributed by atoms with Gasteiger partial charge in [0, 0.05) is 4.47 Å². The van der Waals surface area contributed by atoms with Crippen LogP contribution in [0.15, 0.2) is 393 Å². The highest BCUT2D eigenvalue weighted by atomic mass is 79.9. The molecule has 0 atom stereocenters. The van der Waals surface area contributed by atoms with Crippen molar-refractivity contribution in [3.8, 4) is 77.9 Å². The van der Waals surface area contributed by atoms with Gasteiger partial charge in [0.05, 0.1) is 0 Å². The summed E-state index contributed by atoms with van der Waals surface area (Å²) in [5.41, 5.74) is 17.6. The van der Waals surface area contributed by atoms with Crippen LogP contribution in [0.1, 0.15) is 0 Å². The van der Waals surface area contributed by atoms with Crippen LogP contribution < -0.4 is 5.46 Å². The molecule has 2 N–H and O–H groups in total. The van der Waals surface area contributed by atoms with Gasteiger partial charge in [-0.1, -0.05) is 374 Å². The maximum Gasteiger partial charge on any atom is 0.489 e. The van der Waals surface area contributed by atoms with Crippen LogP contribution in [0.25, 0.3) is 186 Å². The van der Waals surface area contributed by atoms with Crippen molar-refractivity contribution in [3.63, 3.8) is 0 Å². The van der Waals surface area contributed by atoms with Gasteiger partial charge in [0.1, 0.15) is 0 Å². The minimum absolute atomic E-state index is 0.553. The molecular formula is C100H66BBrO2. The third kappa shape index (κ3) is 11.8. The molecule has 0 aliphatic carbocycles. The predicted octanol–water partition coefficient (Wildman–Crippen LogP) is 26.7. The summed E-state index contributed by atoms with van der Waals surface area (Å²) < 4.78 is 1.11. The Labute approximate surface area is 612 Å². The van der Waals surface area contributed by atoms with Crippen molar-refractivity contribution in [3.05, 3.63) is 393 Å². The van der Waals surface area contributed by atoms with E-state index in [-0.39, 0.29) is 0 Å². The molecule has 0 fully saturated rings. The summed E-state index contributed by atoms with van der Waals surface area (Å²) in [6.07, 6.45) is 0. The molecule has 0 saturated carbocycles. The van der Waals surface area contributed by atoms with E-state index in [1.807, 2.05) is 36.4 Å². The monoisotopic (exact) mass is 1390 g/mol. The highest BCUT2D eigenvalue weighted by Gasteiger charge is 2.23. The van der Waals surface area contributed by atoms with E-state index in [1.165, 1.54) is 153 Å². The Morgan fingerprint density at radius 3 is 0.894 bits per heavy atom. The van der Waals surface area contributed by atoms with Crippen molar-refractivity contribution < 1.29 is 10.0 Å². The third-order valence-electron chi connectivity index (χ3n) is 20.8. The quantitative estimate of drug-likeness (QED) is 0.0904. The van der Waals surface area contributed by atoms with Gasteiger partial charge in [-0.15, -0.1) is 0 Å². The van der Waals surface area contributed by atoms with Gasteiger partial charge in [-0.25, -0.2) is 0 Å². The number of halogens is 1. The Balaban J connectivity index is 0.000000122. The number of fused-ring (bicyclic) bond motifs is 12. The first kappa shape index (κ1) is 63.6. The van der Waals surface area contributed by atoms with Gasteiger partial charge in [-0.05, 0) is 221 Å². The zero-order valence-corrected chi connectivity index (χ0v) is 58.4. The first-order chi connectivity index (χ1) is 51.3. The van der Waals surface area contributed by atoms with Crippen molar-refractivity contribution in [1.29, 1.82) is 0 Å². The van der Waals surface area contributed by atoms with Crippen molar-refractivity contribution >= 4 is 136 Å². The van der Waals surface area contributed by atoms with Crippen LogP contribution >= 0.6 is 15.9 Å².